The molecule has 0 aliphatic carbocycles. The maximum atomic E-state index is 13.5. The standard InChI is InChI=1S/C15H19FN4O3/c1-18-7-10(6-17-18)13-14(23-9-12(21)19(13)2)15(22)20-5-3-4-11(16)8-20/h4,6-7,13-14H,3,5,8-9H2,1-2H3/t13-,14+/m0/s1. The Bertz CT molecular complexity index is 657. The van der Waals surface area contributed by atoms with E-state index < -0.39 is 12.1 Å². The van der Waals surface area contributed by atoms with E-state index in [4.69, 9.17) is 4.74 Å². The third kappa shape index (κ3) is 2.98. The molecule has 1 fully saturated rings. The van der Waals surface area contributed by atoms with Gasteiger partial charge in [-0.05, 0) is 12.5 Å². The van der Waals surface area contributed by atoms with Gasteiger partial charge in [-0.25, -0.2) is 4.39 Å². The number of morpholine rings is 1. The van der Waals surface area contributed by atoms with Crippen molar-refractivity contribution in [3.63, 3.8) is 0 Å². The Balaban J connectivity index is 1.87. The van der Waals surface area contributed by atoms with Gasteiger partial charge in [0.1, 0.15) is 12.4 Å². The number of amides is 2. The first-order valence-corrected chi connectivity index (χ1v) is 7.46. The summed E-state index contributed by atoms with van der Waals surface area (Å²) in [5, 5.41) is 4.10. The summed E-state index contributed by atoms with van der Waals surface area (Å²) in [6.45, 7) is 0.246. The number of carbonyl (C=O) groups excluding carboxylic acids is 2. The second kappa shape index (κ2) is 6.11. The van der Waals surface area contributed by atoms with Crippen molar-refractivity contribution in [2.45, 2.75) is 18.6 Å². The minimum atomic E-state index is -0.854. The van der Waals surface area contributed by atoms with E-state index in [2.05, 4.69) is 5.10 Å². The van der Waals surface area contributed by atoms with Crippen molar-refractivity contribution in [1.29, 1.82) is 0 Å². The molecule has 0 radical (unpaired) electrons. The first kappa shape index (κ1) is 15.7. The van der Waals surface area contributed by atoms with Gasteiger partial charge in [-0.2, -0.15) is 5.10 Å². The van der Waals surface area contributed by atoms with E-state index in [1.807, 2.05) is 0 Å². The van der Waals surface area contributed by atoms with Gasteiger partial charge in [0.15, 0.2) is 6.10 Å². The lowest BCUT2D eigenvalue weighted by atomic mass is 9.99. The van der Waals surface area contributed by atoms with Gasteiger partial charge in [0.05, 0.1) is 18.8 Å². The van der Waals surface area contributed by atoms with Gasteiger partial charge in [-0.15, -0.1) is 0 Å². The lowest BCUT2D eigenvalue weighted by Crippen LogP contribution is -2.54. The molecule has 2 amide bonds. The average Bonchev–Trinajstić information content (AvgIpc) is 2.95. The van der Waals surface area contributed by atoms with Crippen molar-refractivity contribution in [3.8, 4) is 0 Å². The summed E-state index contributed by atoms with van der Waals surface area (Å²) in [7, 11) is 3.40. The average molecular weight is 322 g/mol. The molecule has 2 atom stereocenters. The van der Waals surface area contributed by atoms with E-state index in [9.17, 15) is 14.0 Å². The summed E-state index contributed by atoms with van der Waals surface area (Å²) in [5.74, 6) is -0.822. The Labute approximate surface area is 133 Å². The maximum absolute atomic E-state index is 13.5. The lowest BCUT2D eigenvalue weighted by molar-refractivity contribution is -0.167. The minimum absolute atomic E-state index is 0.0455. The first-order valence-electron chi connectivity index (χ1n) is 7.46. The van der Waals surface area contributed by atoms with Crippen LogP contribution in [-0.2, 0) is 21.4 Å². The van der Waals surface area contributed by atoms with E-state index in [1.54, 1.807) is 31.2 Å². The number of rotatable bonds is 2. The fourth-order valence-electron chi connectivity index (χ4n) is 2.98. The van der Waals surface area contributed by atoms with Crippen LogP contribution in [0.3, 0.4) is 0 Å². The largest absolute Gasteiger partial charge is 0.356 e. The highest BCUT2D eigenvalue weighted by Gasteiger charge is 2.42. The van der Waals surface area contributed by atoms with Crippen molar-refractivity contribution in [2.24, 2.45) is 7.05 Å². The summed E-state index contributed by atoms with van der Waals surface area (Å²) in [6.07, 6.45) is 4.48. The van der Waals surface area contributed by atoms with Crippen LogP contribution in [0.2, 0.25) is 0 Å². The summed E-state index contributed by atoms with van der Waals surface area (Å²) in [4.78, 5) is 27.7. The fourth-order valence-corrected chi connectivity index (χ4v) is 2.98. The van der Waals surface area contributed by atoms with E-state index in [0.717, 1.165) is 5.56 Å². The van der Waals surface area contributed by atoms with Crippen LogP contribution in [0, 0.1) is 0 Å². The zero-order valence-electron chi connectivity index (χ0n) is 13.1. The highest BCUT2D eigenvalue weighted by molar-refractivity contribution is 5.86. The van der Waals surface area contributed by atoms with Gasteiger partial charge in [0.25, 0.3) is 5.91 Å². The third-order valence-electron chi connectivity index (χ3n) is 4.21. The van der Waals surface area contributed by atoms with Gasteiger partial charge in [0.2, 0.25) is 5.91 Å². The molecule has 0 N–H and O–H groups in total. The number of aromatic nitrogens is 2. The molecule has 1 aromatic rings. The predicted molar refractivity (Wildman–Crippen MR) is 78.8 cm³/mol. The Morgan fingerprint density at radius 3 is 2.87 bits per heavy atom. The number of carbonyl (C=O) groups is 2. The Hall–Kier alpha value is -2.22. The molecule has 0 aromatic carbocycles. The topological polar surface area (TPSA) is 67.7 Å². The Morgan fingerprint density at radius 2 is 2.22 bits per heavy atom. The molecule has 0 unspecified atom stereocenters. The molecule has 8 heteroatoms. The first-order chi connectivity index (χ1) is 11.0. The maximum Gasteiger partial charge on any atom is 0.254 e. The summed E-state index contributed by atoms with van der Waals surface area (Å²) in [5.41, 5.74) is 0.717. The second-order valence-corrected chi connectivity index (χ2v) is 5.83. The number of hydrogen-bond donors (Lipinski definition) is 0. The molecule has 0 bridgehead atoms. The number of halogens is 1. The van der Waals surface area contributed by atoms with E-state index in [0.29, 0.717) is 13.0 Å². The van der Waals surface area contributed by atoms with Crippen LogP contribution in [0.5, 0.6) is 0 Å². The van der Waals surface area contributed by atoms with Gasteiger partial charge in [-0.3, -0.25) is 14.3 Å². The van der Waals surface area contributed by atoms with Crippen LogP contribution in [0.1, 0.15) is 18.0 Å². The van der Waals surface area contributed by atoms with Crippen LogP contribution < -0.4 is 0 Å². The zero-order valence-corrected chi connectivity index (χ0v) is 13.1. The van der Waals surface area contributed by atoms with Crippen molar-refractivity contribution in [3.05, 3.63) is 29.9 Å². The number of nitrogens with zero attached hydrogens (tertiary/aromatic N) is 4. The predicted octanol–water partition coefficient (Wildman–Crippen LogP) is 0.404. The zero-order chi connectivity index (χ0) is 16.6. The van der Waals surface area contributed by atoms with E-state index in [1.165, 1.54) is 15.9 Å². The number of likely N-dealkylation sites (N-methyl/N-ethyl adjacent to an activating group) is 1. The van der Waals surface area contributed by atoms with Gasteiger partial charge in [-0.1, -0.05) is 0 Å². The second-order valence-electron chi connectivity index (χ2n) is 5.83. The SMILES string of the molecule is CN1C(=O)CO[C@@H](C(=O)N2CCC=C(F)C2)[C@@H]1c1cnn(C)c1. The fraction of sp³-hybridized carbons (Fsp3) is 0.533. The summed E-state index contributed by atoms with van der Waals surface area (Å²) >= 11 is 0. The van der Waals surface area contributed by atoms with Crippen LogP contribution in [0.4, 0.5) is 4.39 Å². The third-order valence-corrected chi connectivity index (χ3v) is 4.21. The molecule has 0 saturated carbocycles. The van der Waals surface area contributed by atoms with Crippen molar-refractivity contribution >= 4 is 11.8 Å². The molecular formula is C15H19FN4O3. The van der Waals surface area contributed by atoms with Crippen LogP contribution in [0.15, 0.2) is 24.3 Å². The molecule has 1 aromatic heterocycles. The molecular weight excluding hydrogens is 303 g/mol. The highest BCUT2D eigenvalue weighted by atomic mass is 19.1. The Kier molecular flexibility index (Phi) is 4.16. The van der Waals surface area contributed by atoms with Crippen LogP contribution in [0.25, 0.3) is 0 Å². The van der Waals surface area contributed by atoms with Gasteiger partial charge in [0, 0.05) is 32.4 Å². The molecule has 3 heterocycles. The van der Waals surface area contributed by atoms with E-state index in [-0.39, 0.29) is 30.8 Å². The summed E-state index contributed by atoms with van der Waals surface area (Å²) < 4.78 is 20.6. The molecule has 124 valence electrons. The lowest BCUT2D eigenvalue weighted by Gasteiger charge is -2.39. The van der Waals surface area contributed by atoms with E-state index >= 15 is 0 Å². The molecule has 7 nitrogen and oxygen atoms in total. The molecule has 2 aliphatic rings. The van der Waals surface area contributed by atoms with Gasteiger partial charge >= 0.3 is 0 Å². The van der Waals surface area contributed by atoms with Crippen molar-refractivity contribution < 1.29 is 18.7 Å². The highest BCUT2D eigenvalue weighted by Crippen LogP contribution is 2.30. The Morgan fingerprint density at radius 1 is 1.43 bits per heavy atom. The minimum Gasteiger partial charge on any atom is -0.356 e. The number of hydrogen-bond acceptors (Lipinski definition) is 4. The number of ether oxygens (including phenoxy) is 1. The van der Waals surface area contributed by atoms with Gasteiger partial charge < -0.3 is 14.5 Å². The molecule has 0 spiro atoms. The molecule has 3 rings (SSSR count). The smallest absolute Gasteiger partial charge is 0.254 e. The number of aryl methyl sites for hydroxylation is 1. The van der Waals surface area contributed by atoms with Crippen LogP contribution in [-0.4, -0.2) is 64.2 Å². The molecule has 2 aliphatic heterocycles. The molecule has 1 saturated heterocycles. The monoisotopic (exact) mass is 322 g/mol. The normalized spacial score (nSPS) is 25.5. The quantitative estimate of drug-likeness (QED) is 0.791. The van der Waals surface area contributed by atoms with Crippen molar-refractivity contribution in [2.75, 3.05) is 26.7 Å². The molecule has 23 heavy (non-hydrogen) atoms. The van der Waals surface area contributed by atoms with Crippen molar-refractivity contribution in [1.82, 2.24) is 19.6 Å². The van der Waals surface area contributed by atoms with Crippen LogP contribution >= 0.6 is 0 Å². The summed E-state index contributed by atoms with van der Waals surface area (Å²) in [6, 6.07) is -0.564.